The molecular formula is C13H13F3N4S. The van der Waals surface area contributed by atoms with E-state index in [4.69, 9.17) is 5.84 Å². The van der Waals surface area contributed by atoms with Crippen molar-refractivity contribution in [2.45, 2.75) is 35.8 Å². The standard InChI is InChI=1S/C13H13F3N4S/c14-13(15,16)10-3-1-2-8(6-10)7-21-12-19-18-11(20(12)17)9-4-5-9/h1-3,6,9H,4-5,7,17H2. The van der Waals surface area contributed by atoms with Crippen molar-refractivity contribution in [3.8, 4) is 0 Å². The van der Waals surface area contributed by atoms with Gasteiger partial charge in [0.2, 0.25) is 5.16 Å². The summed E-state index contributed by atoms with van der Waals surface area (Å²) < 4.78 is 39.4. The number of alkyl halides is 3. The molecule has 0 atom stereocenters. The van der Waals surface area contributed by atoms with E-state index in [1.165, 1.54) is 22.5 Å². The van der Waals surface area contributed by atoms with Crippen LogP contribution in [0.1, 0.15) is 35.7 Å². The summed E-state index contributed by atoms with van der Waals surface area (Å²) in [6, 6.07) is 5.26. The van der Waals surface area contributed by atoms with Crippen molar-refractivity contribution in [2.24, 2.45) is 0 Å². The zero-order valence-corrected chi connectivity index (χ0v) is 11.8. The summed E-state index contributed by atoms with van der Waals surface area (Å²) in [5.74, 6) is 7.39. The molecule has 1 saturated carbocycles. The highest BCUT2D eigenvalue weighted by Crippen LogP contribution is 2.39. The molecule has 4 nitrogen and oxygen atoms in total. The van der Waals surface area contributed by atoms with Gasteiger partial charge in [0.15, 0.2) is 5.82 Å². The van der Waals surface area contributed by atoms with Crippen LogP contribution in [0.2, 0.25) is 0 Å². The Hall–Kier alpha value is -1.70. The first-order chi connectivity index (χ1) is 9.95. The van der Waals surface area contributed by atoms with Gasteiger partial charge in [-0.25, -0.2) is 4.68 Å². The van der Waals surface area contributed by atoms with Gasteiger partial charge in [-0.2, -0.15) is 13.2 Å². The van der Waals surface area contributed by atoms with Crippen LogP contribution in [-0.4, -0.2) is 14.9 Å². The first kappa shape index (κ1) is 14.2. The average molecular weight is 314 g/mol. The maximum atomic E-state index is 12.6. The monoisotopic (exact) mass is 314 g/mol. The van der Waals surface area contributed by atoms with Crippen LogP contribution in [0.25, 0.3) is 0 Å². The van der Waals surface area contributed by atoms with Crippen molar-refractivity contribution in [2.75, 3.05) is 5.84 Å². The smallest absolute Gasteiger partial charge is 0.336 e. The first-order valence-corrected chi connectivity index (χ1v) is 7.43. The third-order valence-corrected chi connectivity index (χ3v) is 4.27. The second-order valence-electron chi connectivity index (χ2n) is 4.97. The quantitative estimate of drug-likeness (QED) is 0.695. The lowest BCUT2D eigenvalue weighted by Gasteiger charge is -2.08. The minimum absolute atomic E-state index is 0.365. The Morgan fingerprint density at radius 1 is 1.29 bits per heavy atom. The number of nitrogens with zero attached hydrogens (tertiary/aromatic N) is 3. The van der Waals surface area contributed by atoms with E-state index >= 15 is 0 Å². The summed E-state index contributed by atoms with van der Waals surface area (Å²) in [6.45, 7) is 0. The molecule has 0 amide bonds. The van der Waals surface area contributed by atoms with Gasteiger partial charge in [-0.3, -0.25) is 0 Å². The molecule has 0 spiro atoms. The second kappa shape index (κ2) is 5.25. The van der Waals surface area contributed by atoms with Crippen LogP contribution in [0.15, 0.2) is 29.4 Å². The van der Waals surface area contributed by atoms with Crippen LogP contribution in [0, 0.1) is 0 Å². The highest BCUT2D eigenvalue weighted by molar-refractivity contribution is 7.98. The number of aromatic nitrogens is 3. The molecule has 2 aromatic rings. The fourth-order valence-electron chi connectivity index (χ4n) is 1.99. The molecule has 3 rings (SSSR count). The number of nitrogen functional groups attached to an aromatic ring is 1. The lowest BCUT2D eigenvalue weighted by atomic mass is 10.1. The van der Waals surface area contributed by atoms with E-state index in [1.54, 1.807) is 6.07 Å². The largest absolute Gasteiger partial charge is 0.416 e. The van der Waals surface area contributed by atoms with Crippen LogP contribution in [-0.2, 0) is 11.9 Å². The predicted octanol–water partition coefficient (Wildman–Crippen LogP) is 3.18. The van der Waals surface area contributed by atoms with Crippen LogP contribution in [0.5, 0.6) is 0 Å². The van der Waals surface area contributed by atoms with E-state index in [2.05, 4.69) is 10.2 Å². The maximum absolute atomic E-state index is 12.6. The van der Waals surface area contributed by atoms with Gasteiger partial charge in [0.05, 0.1) is 5.56 Å². The van der Waals surface area contributed by atoms with Crippen LogP contribution < -0.4 is 5.84 Å². The zero-order chi connectivity index (χ0) is 15.0. The number of rotatable bonds is 4. The third kappa shape index (κ3) is 3.15. The summed E-state index contributed by atoms with van der Waals surface area (Å²) in [5.41, 5.74) is -0.0701. The Balaban J connectivity index is 1.70. The molecule has 0 radical (unpaired) electrons. The zero-order valence-electron chi connectivity index (χ0n) is 11.0. The SMILES string of the molecule is Nn1c(SCc2cccc(C(F)(F)F)c2)nnc1C1CC1. The second-order valence-corrected chi connectivity index (χ2v) is 5.91. The van der Waals surface area contributed by atoms with Gasteiger partial charge in [-0.15, -0.1) is 10.2 Å². The van der Waals surface area contributed by atoms with Crippen molar-refractivity contribution < 1.29 is 13.2 Å². The maximum Gasteiger partial charge on any atom is 0.416 e. The predicted molar refractivity (Wildman–Crippen MR) is 73.2 cm³/mol. The molecule has 2 N–H and O–H groups in total. The molecule has 0 unspecified atom stereocenters. The van der Waals surface area contributed by atoms with Crippen molar-refractivity contribution in [1.82, 2.24) is 14.9 Å². The first-order valence-electron chi connectivity index (χ1n) is 6.44. The summed E-state index contributed by atoms with van der Waals surface area (Å²) >= 11 is 1.28. The fraction of sp³-hybridized carbons (Fsp3) is 0.385. The van der Waals surface area contributed by atoms with Gasteiger partial charge in [0.25, 0.3) is 0 Å². The molecule has 112 valence electrons. The molecule has 1 aliphatic carbocycles. The van der Waals surface area contributed by atoms with E-state index in [9.17, 15) is 13.2 Å². The highest BCUT2D eigenvalue weighted by atomic mass is 32.2. The average Bonchev–Trinajstić information content (AvgIpc) is 3.21. The molecule has 1 heterocycles. The number of thioether (sulfide) groups is 1. The van der Waals surface area contributed by atoms with E-state index in [1.807, 2.05) is 0 Å². The minimum Gasteiger partial charge on any atom is -0.336 e. The number of hydrogen-bond acceptors (Lipinski definition) is 4. The molecule has 1 aromatic heterocycles. The van der Waals surface area contributed by atoms with Gasteiger partial charge >= 0.3 is 6.18 Å². The third-order valence-electron chi connectivity index (χ3n) is 3.26. The molecule has 1 fully saturated rings. The normalized spacial score (nSPS) is 15.4. The number of halogens is 3. The van der Waals surface area contributed by atoms with Crippen molar-refractivity contribution in [1.29, 1.82) is 0 Å². The lowest BCUT2D eigenvalue weighted by Crippen LogP contribution is -2.13. The van der Waals surface area contributed by atoms with Crippen LogP contribution in [0.4, 0.5) is 13.2 Å². The Morgan fingerprint density at radius 3 is 2.71 bits per heavy atom. The Labute approximate surface area is 123 Å². The molecule has 0 aliphatic heterocycles. The molecule has 0 bridgehead atoms. The van der Waals surface area contributed by atoms with Gasteiger partial charge in [0, 0.05) is 11.7 Å². The molecule has 1 aliphatic rings. The highest BCUT2D eigenvalue weighted by Gasteiger charge is 2.31. The van der Waals surface area contributed by atoms with Crippen molar-refractivity contribution >= 4 is 11.8 Å². The number of benzene rings is 1. The summed E-state index contributed by atoms with van der Waals surface area (Å²) in [5, 5.41) is 8.55. The Bertz CT molecular complexity index is 649. The fourth-order valence-corrected chi connectivity index (χ4v) is 2.80. The van der Waals surface area contributed by atoms with Crippen molar-refractivity contribution in [3.63, 3.8) is 0 Å². The van der Waals surface area contributed by atoms with Gasteiger partial charge in [-0.05, 0) is 24.5 Å². The van der Waals surface area contributed by atoms with Gasteiger partial charge < -0.3 is 5.84 Å². The molecular weight excluding hydrogens is 301 g/mol. The van der Waals surface area contributed by atoms with Crippen LogP contribution in [0.3, 0.4) is 0 Å². The van der Waals surface area contributed by atoms with E-state index < -0.39 is 11.7 Å². The van der Waals surface area contributed by atoms with Gasteiger partial charge in [0.1, 0.15) is 0 Å². The Morgan fingerprint density at radius 2 is 2.05 bits per heavy atom. The van der Waals surface area contributed by atoms with E-state index in [-0.39, 0.29) is 0 Å². The van der Waals surface area contributed by atoms with E-state index in [0.717, 1.165) is 30.8 Å². The minimum atomic E-state index is -4.33. The van der Waals surface area contributed by atoms with E-state index in [0.29, 0.717) is 22.4 Å². The van der Waals surface area contributed by atoms with Gasteiger partial charge in [-0.1, -0.05) is 30.0 Å². The lowest BCUT2D eigenvalue weighted by molar-refractivity contribution is -0.137. The molecule has 8 heteroatoms. The molecule has 21 heavy (non-hydrogen) atoms. The number of nitrogens with two attached hydrogens (primary N) is 1. The summed E-state index contributed by atoms with van der Waals surface area (Å²) in [7, 11) is 0. The molecule has 1 aromatic carbocycles. The van der Waals surface area contributed by atoms with Crippen molar-refractivity contribution in [3.05, 3.63) is 41.2 Å². The number of hydrogen-bond donors (Lipinski definition) is 1. The topological polar surface area (TPSA) is 56.7 Å². The van der Waals surface area contributed by atoms with Crippen LogP contribution >= 0.6 is 11.8 Å². The summed E-state index contributed by atoms with van der Waals surface area (Å²) in [4.78, 5) is 0. The summed E-state index contributed by atoms with van der Waals surface area (Å²) in [6.07, 6.45) is -2.20. The Kier molecular flexibility index (Phi) is 3.56. The molecule has 0 saturated heterocycles.